The van der Waals surface area contributed by atoms with Gasteiger partial charge in [-0.1, -0.05) is 25.8 Å². The van der Waals surface area contributed by atoms with Crippen LogP contribution in [0.4, 0.5) is 0 Å². The Morgan fingerprint density at radius 1 is 1.20 bits per heavy atom. The monoisotopic (exact) mass is 273 g/mol. The Hall–Kier alpha value is -1.38. The average molecular weight is 273 g/mol. The lowest BCUT2D eigenvalue weighted by Gasteiger charge is -2.18. The molecule has 0 fully saturated rings. The third-order valence-corrected chi connectivity index (χ3v) is 4.90. The molecule has 2 atom stereocenters. The molecule has 2 unspecified atom stereocenters. The number of carboxylic acids is 1. The molecule has 1 aromatic rings. The summed E-state index contributed by atoms with van der Waals surface area (Å²) in [5, 5.41) is 9.52. The minimum absolute atomic E-state index is 0.400. The van der Waals surface area contributed by atoms with E-state index in [0.29, 0.717) is 5.92 Å². The molecular weight excluding hydrogens is 250 g/mol. The van der Waals surface area contributed by atoms with Gasteiger partial charge in [0, 0.05) is 5.69 Å². The Balaban J connectivity index is 2.11. The molecule has 0 spiro atoms. The highest BCUT2D eigenvalue weighted by molar-refractivity contribution is 5.76. The zero-order chi connectivity index (χ0) is 14.1. The Bertz CT molecular complexity index is 524. The number of hydrogen-bond acceptors (Lipinski definition) is 2. The van der Waals surface area contributed by atoms with Crippen LogP contribution in [0.1, 0.15) is 79.8 Å². The quantitative estimate of drug-likeness (QED) is 0.792. The molecule has 1 heterocycles. The van der Waals surface area contributed by atoms with Crippen LogP contribution in [0.15, 0.2) is 6.07 Å². The zero-order valence-electron chi connectivity index (χ0n) is 12.2. The first kappa shape index (κ1) is 13.6. The number of aryl methyl sites for hydroxylation is 2. The molecule has 1 N–H and O–H groups in total. The maximum Gasteiger partial charge on any atom is 0.312 e. The second kappa shape index (κ2) is 5.55. The van der Waals surface area contributed by atoms with Crippen molar-refractivity contribution in [3.63, 3.8) is 0 Å². The molecule has 3 rings (SSSR count). The number of carbonyl (C=O) groups is 1. The molecule has 0 saturated heterocycles. The summed E-state index contributed by atoms with van der Waals surface area (Å²) in [4.78, 5) is 16.4. The maximum absolute atomic E-state index is 11.6. The molecular formula is C17H23NO2. The van der Waals surface area contributed by atoms with Crippen molar-refractivity contribution >= 4 is 5.97 Å². The number of aromatic nitrogens is 1. The van der Waals surface area contributed by atoms with Crippen molar-refractivity contribution in [1.29, 1.82) is 0 Å². The summed E-state index contributed by atoms with van der Waals surface area (Å²) in [5.74, 6) is -0.666. The van der Waals surface area contributed by atoms with Gasteiger partial charge in [-0.25, -0.2) is 0 Å². The van der Waals surface area contributed by atoms with Crippen molar-refractivity contribution in [1.82, 2.24) is 4.98 Å². The highest BCUT2D eigenvalue weighted by Crippen LogP contribution is 2.37. The van der Waals surface area contributed by atoms with Gasteiger partial charge in [-0.3, -0.25) is 9.78 Å². The van der Waals surface area contributed by atoms with E-state index in [9.17, 15) is 9.90 Å². The van der Waals surface area contributed by atoms with Crippen molar-refractivity contribution in [2.75, 3.05) is 0 Å². The third-order valence-electron chi connectivity index (χ3n) is 4.90. The lowest BCUT2D eigenvalue weighted by Crippen LogP contribution is -2.16. The standard InChI is InChI=1S/C17H23NO2/c1-11-6-5-8-13(17(19)20)16-14(11)10-12-7-3-2-4-9-15(12)18-16/h10-11,13H,2-9H2,1H3,(H,19,20). The topological polar surface area (TPSA) is 50.2 Å². The minimum Gasteiger partial charge on any atom is -0.481 e. The van der Waals surface area contributed by atoms with Gasteiger partial charge in [0.05, 0.1) is 11.6 Å². The summed E-state index contributed by atoms with van der Waals surface area (Å²) in [5.41, 5.74) is 4.61. The van der Waals surface area contributed by atoms with Gasteiger partial charge in [0.15, 0.2) is 0 Å². The minimum atomic E-state index is -0.707. The lowest BCUT2D eigenvalue weighted by atomic mass is 9.91. The fourth-order valence-electron chi connectivity index (χ4n) is 3.68. The van der Waals surface area contributed by atoms with Crippen LogP contribution < -0.4 is 0 Å². The van der Waals surface area contributed by atoms with E-state index in [2.05, 4.69) is 13.0 Å². The van der Waals surface area contributed by atoms with Crippen LogP contribution in [0.25, 0.3) is 0 Å². The van der Waals surface area contributed by atoms with Crippen LogP contribution in [0.2, 0.25) is 0 Å². The van der Waals surface area contributed by atoms with E-state index < -0.39 is 11.9 Å². The number of aliphatic carboxylic acids is 1. The van der Waals surface area contributed by atoms with Gasteiger partial charge < -0.3 is 5.11 Å². The number of hydrogen-bond donors (Lipinski definition) is 1. The Morgan fingerprint density at radius 3 is 2.80 bits per heavy atom. The molecule has 3 heteroatoms. The summed E-state index contributed by atoms with van der Waals surface area (Å²) >= 11 is 0. The Morgan fingerprint density at radius 2 is 2.00 bits per heavy atom. The first-order chi connectivity index (χ1) is 9.66. The van der Waals surface area contributed by atoms with Gasteiger partial charge in [0.25, 0.3) is 0 Å². The van der Waals surface area contributed by atoms with Crippen LogP contribution in [0.5, 0.6) is 0 Å². The van der Waals surface area contributed by atoms with E-state index in [0.717, 1.165) is 37.8 Å². The highest BCUT2D eigenvalue weighted by atomic mass is 16.4. The average Bonchev–Trinajstić information content (AvgIpc) is 2.73. The molecule has 0 amide bonds. The van der Waals surface area contributed by atoms with Crippen molar-refractivity contribution in [3.8, 4) is 0 Å². The number of fused-ring (bicyclic) bond motifs is 2. The number of rotatable bonds is 1. The van der Waals surface area contributed by atoms with Crippen LogP contribution >= 0.6 is 0 Å². The van der Waals surface area contributed by atoms with E-state index in [1.807, 2.05) is 0 Å². The molecule has 1 aromatic heterocycles. The van der Waals surface area contributed by atoms with Crippen molar-refractivity contribution in [2.45, 2.75) is 70.1 Å². The van der Waals surface area contributed by atoms with Gasteiger partial charge in [0.1, 0.15) is 0 Å². The largest absolute Gasteiger partial charge is 0.481 e. The van der Waals surface area contributed by atoms with Gasteiger partial charge >= 0.3 is 5.97 Å². The molecule has 2 aliphatic carbocycles. The normalized spacial score (nSPS) is 26.1. The molecule has 0 bridgehead atoms. The van der Waals surface area contributed by atoms with Crippen LogP contribution in [-0.4, -0.2) is 16.1 Å². The molecule has 0 saturated carbocycles. The molecule has 0 aliphatic heterocycles. The maximum atomic E-state index is 11.6. The van der Waals surface area contributed by atoms with E-state index in [4.69, 9.17) is 4.98 Å². The van der Waals surface area contributed by atoms with Gasteiger partial charge in [0.2, 0.25) is 0 Å². The van der Waals surface area contributed by atoms with Gasteiger partial charge in [-0.15, -0.1) is 0 Å². The van der Waals surface area contributed by atoms with Crippen LogP contribution in [-0.2, 0) is 17.6 Å². The first-order valence-corrected chi connectivity index (χ1v) is 7.92. The zero-order valence-corrected chi connectivity index (χ0v) is 12.2. The molecule has 20 heavy (non-hydrogen) atoms. The van der Waals surface area contributed by atoms with Crippen molar-refractivity contribution < 1.29 is 9.90 Å². The molecule has 0 radical (unpaired) electrons. The Labute approximate surface area is 120 Å². The van der Waals surface area contributed by atoms with Gasteiger partial charge in [-0.2, -0.15) is 0 Å². The highest BCUT2D eigenvalue weighted by Gasteiger charge is 2.30. The smallest absolute Gasteiger partial charge is 0.312 e. The van der Waals surface area contributed by atoms with E-state index in [1.165, 1.54) is 36.1 Å². The third kappa shape index (κ3) is 2.46. The van der Waals surface area contributed by atoms with E-state index >= 15 is 0 Å². The summed E-state index contributed by atoms with van der Waals surface area (Å²) < 4.78 is 0. The SMILES string of the molecule is CC1CCCC(C(=O)O)c2nc3c(cc21)CCCCC3. The van der Waals surface area contributed by atoms with Crippen LogP contribution in [0.3, 0.4) is 0 Å². The first-order valence-electron chi connectivity index (χ1n) is 7.92. The molecule has 108 valence electrons. The molecule has 0 aromatic carbocycles. The van der Waals surface area contributed by atoms with E-state index in [-0.39, 0.29) is 0 Å². The number of nitrogens with zero attached hydrogens (tertiary/aromatic N) is 1. The summed E-state index contributed by atoms with van der Waals surface area (Å²) in [7, 11) is 0. The van der Waals surface area contributed by atoms with Crippen LogP contribution in [0, 0.1) is 0 Å². The molecule has 3 nitrogen and oxygen atoms in total. The number of pyridine rings is 1. The second-order valence-electron chi connectivity index (χ2n) is 6.35. The predicted molar refractivity (Wildman–Crippen MR) is 78.1 cm³/mol. The second-order valence-corrected chi connectivity index (χ2v) is 6.35. The summed E-state index contributed by atoms with van der Waals surface area (Å²) in [6.45, 7) is 2.22. The van der Waals surface area contributed by atoms with Crippen molar-refractivity contribution in [3.05, 3.63) is 28.6 Å². The predicted octanol–water partition coefficient (Wildman–Crippen LogP) is 3.81. The Kier molecular flexibility index (Phi) is 3.77. The van der Waals surface area contributed by atoms with Gasteiger partial charge in [-0.05, 0) is 55.6 Å². The van der Waals surface area contributed by atoms with Crippen molar-refractivity contribution in [2.24, 2.45) is 0 Å². The number of carboxylic acid groups (broad SMARTS) is 1. The fourth-order valence-corrected chi connectivity index (χ4v) is 3.68. The summed E-state index contributed by atoms with van der Waals surface area (Å²) in [6, 6.07) is 2.29. The molecule has 2 aliphatic rings. The fraction of sp³-hybridized carbons (Fsp3) is 0.647. The van der Waals surface area contributed by atoms with E-state index in [1.54, 1.807) is 0 Å². The summed E-state index contributed by atoms with van der Waals surface area (Å²) in [6.07, 6.45) is 8.62. The lowest BCUT2D eigenvalue weighted by molar-refractivity contribution is -0.139.